The average Bonchev–Trinajstić information content (AvgIpc) is 3.48. The molecule has 5 aromatic rings. The fourth-order valence-electron chi connectivity index (χ4n) is 3.08. The molecule has 0 bridgehead atoms. The lowest BCUT2D eigenvalue weighted by molar-refractivity contribution is 0.0958. The van der Waals surface area contributed by atoms with Crippen molar-refractivity contribution in [3.05, 3.63) is 65.6 Å². The molecule has 0 aliphatic carbocycles. The smallest absolute Gasteiger partial charge is 0.278 e. The summed E-state index contributed by atoms with van der Waals surface area (Å²) in [5, 5.41) is 15.0. The molecule has 0 unspecified atom stereocenters. The van der Waals surface area contributed by atoms with Crippen molar-refractivity contribution in [2.24, 2.45) is 0 Å². The molecule has 0 fully saturated rings. The van der Waals surface area contributed by atoms with Crippen LogP contribution in [0.5, 0.6) is 5.88 Å². The molecule has 0 saturated carbocycles. The number of furan rings is 1. The number of benzene rings is 1. The molecule has 5 rings (SSSR count). The van der Waals surface area contributed by atoms with Gasteiger partial charge in [-0.25, -0.2) is 4.98 Å². The van der Waals surface area contributed by atoms with Crippen molar-refractivity contribution in [3.8, 4) is 5.88 Å². The van der Waals surface area contributed by atoms with E-state index in [-0.39, 0.29) is 18.4 Å². The first kappa shape index (κ1) is 18.9. The van der Waals surface area contributed by atoms with Gasteiger partial charge < -0.3 is 19.8 Å². The third-order valence-corrected chi connectivity index (χ3v) is 5.40. The zero-order valence-corrected chi connectivity index (χ0v) is 17.1. The monoisotopic (exact) mass is 432 g/mol. The van der Waals surface area contributed by atoms with Crippen LogP contribution in [-0.2, 0) is 6.61 Å². The maximum Gasteiger partial charge on any atom is 0.278 e. The van der Waals surface area contributed by atoms with Crippen LogP contribution in [0.4, 0.5) is 11.5 Å². The number of hydrogen-bond donors (Lipinski definition) is 2. The summed E-state index contributed by atoms with van der Waals surface area (Å²) in [6.45, 7) is 0.186. The number of anilines is 2. The first-order valence-corrected chi connectivity index (χ1v) is 10.2. The number of rotatable bonds is 6. The van der Waals surface area contributed by atoms with Crippen LogP contribution in [0.1, 0.15) is 16.1 Å². The number of nitrogens with zero attached hydrogens (tertiary/aromatic N) is 4. The van der Waals surface area contributed by atoms with Crippen LogP contribution in [0.15, 0.2) is 58.8 Å². The van der Waals surface area contributed by atoms with E-state index in [1.165, 1.54) is 0 Å². The number of pyridine rings is 1. The van der Waals surface area contributed by atoms with Gasteiger partial charge in [0.15, 0.2) is 5.82 Å². The summed E-state index contributed by atoms with van der Waals surface area (Å²) in [6.07, 6.45) is 3.12. The quantitative estimate of drug-likeness (QED) is 0.415. The molecule has 0 spiro atoms. The van der Waals surface area contributed by atoms with Crippen molar-refractivity contribution >= 4 is 49.9 Å². The molecule has 4 aromatic heterocycles. The summed E-state index contributed by atoms with van der Waals surface area (Å²) in [6, 6.07) is 11.1. The predicted molar refractivity (Wildman–Crippen MR) is 117 cm³/mol. The van der Waals surface area contributed by atoms with Crippen molar-refractivity contribution in [1.29, 1.82) is 0 Å². The molecular formula is C21H16N6O3S. The number of thiazole rings is 1. The molecule has 0 atom stereocenters. The number of aromatic nitrogens is 4. The van der Waals surface area contributed by atoms with E-state index in [0.29, 0.717) is 17.1 Å². The van der Waals surface area contributed by atoms with Crippen molar-refractivity contribution in [1.82, 2.24) is 25.5 Å². The van der Waals surface area contributed by atoms with Gasteiger partial charge in [-0.15, -0.1) is 21.5 Å². The second-order valence-corrected chi connectivity index (χ2v) is 7.48. The lowest BCUT2D eigenvalue weighted by Gasteiger charge is -2.09. The van der Waals surface area contributed by atoms with Gasteiger partial charge in [-0.2, -0.15) is 0 Å². The zero-order valence-electron chi connectivity index (χ0n) is 16.3. The minimum absolute atomic E-state index is 0.186. The second-order valence-electron chi connectivity index (χ2n) is 6.59. The van der Waals surface area contributed by atoms with Gasteiger partial charge in [0, 0.05) is 18.9 Å². The third-order valence-electron chi connectivity index (χ3n) is 4.61. The first-order chi connectivity index (χ1) is 15.2. The van der Waals surface area contributed by atoms with Gasteiger partial charge in [-0.3, -0.25) is 9.78 Å². The van der Waals surface area contributed by atoms with Crippen LogP contribution in [0.3, 0.4) is 0 Å². The van der Waals surface area contributed by atoms with E-state index in [0.717, 1.165) is 26.9 Å². The topological polar surface area (TPSA) is 115 Å². The summed E-state index contributed by atoms with van der Waals surface area (Å²) in [7, 11) is 1.56. The van der Waals surface area contributed by atoms with Crippen LogP contribution < -0.4 is 15.4 Å². The van der Waals surface area contributed by atoms with Crippen LogP contribution in [0, 0.1) is 0 Å². The molecule has 4 heterocycles. The normalized spacial score (nSPS) is 11.0. The number of carbonyl (C=O) groups excluding carboxylic acids is 1. The van der Waals surface area contributed by atoms with Crippen LogP contribution in [-0.4, -0.2) is 33.1 Å². The molecule has 154 valence electrons. The van der Waals surface area contributed by atoms with Gasteiger partial charge in [-0.1, -0.05) is 0 Å². The molecule has 0 aliphatic rings. The Morgan fingerprint density at radius 2 is 2.10 bits per heavy atom. The van der Waals surface area contributed by atoms with Crippen molar-refractivity contribution in [2.75, 3.05) is 12.4 Å². The standard InChI is InChI=1S/C21H16N6O3S/c1-22-20(28)16-8-12(4-6-23-16)10-30-21-18-14(5-7-29-18)19(26-27-21)25-13-2-3-15-17(9-13)31-11-24-15/h2-9,11H,10H2,1H3,(H,22,28)(H,25,26). The van der Waals surface area contributed by atoms with Crippen LogP contribution in [0.25, 0.3) is 21.2 Å². The Bertz CT molecular complexity index is 1400. The molecule has 1 aromatic carbocycles. The number of carbonyl (C=O) groups is 1. The number of fused-ring (bicyclic) bond motifs is 2. The summed E-state index contributed by atoms with van der Waals surface area (Å²) < 4.78 is 12.5. The largest absolute Gasteiger partial charge is 0.469 e. The van der Waals surface area contributed by atoms with Gasteiger partial charge in [0.1, 0.15) is 12.3 Å². The highest BCUT2D eigenvalue weighted by Gasteiger charge is 2.15. The SMILES string of the molecule is CNC(=O)c1cc(COc2nnc(Nc3ccc4ncsc4c3)c3ccoc23)ccn1. The highest BCUT2D eigenvalue weighted by atomic mass is 32.1. The Morgan fingerprint density at radius 1 is 1.16 bits per heavy atom. The number of nitrogens with one attached hydrogen (secondary N) is 2. The maximum atomic E-state index is 11.8. The summed E-state index contributed by atoms with van der Waals surface area (Å²) >= 11 is 1.57. The molecule has 1 amide bonds. The van der Waals surface area contributed by atoms with Crippen LogP contribution >= 0.6 is 11.3 Å². The Kier molecular flexibility index (Phi) is 4.89. The zero-order chi connectivity index (χ0) is 21.2. The fraction of sp³-hybridized carbons (Fsp3) is 0.0952. The molecule has 0 saturated heterocycles. The van der Waals surface area contributed by atoms with Gasteiger partial charge in [0.05, 0.1) is 27.4 Å². The number of hydrogen-bond acceptors (Lipinski definition) is 9. The first-order valence-electron chi connectivity index (χ1n) is 9.35. The summed E-state index contributed by atoms with van der Waals surface area (Å²) in [5.41, 5.74) is 5.22. The molecule has 2 N–H and O–H groups in total. The van der Waals surface area contributed by atoms with E-state index in [2.05, 4.69) is 30.8 Å². The van der Waals surface area contributed by atoms with E-state index in [9.17, 15) is 4.79 Å². The fourth-order valence-corrected chi connectivity index (χ4v) is 3.80. The predicted octanol–water partition coefficient (Wildman–Crippen LogP) is 3.91. The van der Waals surface area contributed by atoms with E-state index in [1.807, 2.05) is 23.7 Å². The lowest BCUT2D eigenvalue weighted by atomic mass is 10.2. The Morgan fingerprint density at radius 3 is 3.00 bits per heavy atom. The highest BCUT2D eigenvalue weighted by molar-refractivity contribution is 7.16. The maximum absolute atomic E-state index is 11.8. The van der Waals surface area contributed by atoms with Crippen LogP contribution in [0.2, 0.25) is 0 Å². The summed E-state index contributed by atoms with van der Waals surface area (Å²) in [4.78, 5) is 20.1. The van der Waals surface area contributed by atoms with Gasteiger partial charge in [0.2, 0.25) is 5.58 Å². The van der Waals surface area contributed by atoms with Gasteiger partial charge in [0.25, 0.3) is 11.8 Å². The second kappa shape index (κ2) is 8.00. The molecule has 10 heteroatoms. The summed E-state index contributed by atoms with van der Waals surface area (Å²) in [5.74, 6) is 0.564. The molecule has 0 aliphatic heterocycles. The minimum Gasteiger partial charge on any atom is -0.469 e. The molecule has 31 heavy (non-hydrogen) atoms. The van der Waals surface area contributed by atoms with E-state index < -0.39 is 0 Å². The number of ether oxygens (including phenoxy) is 1. The van der Waals surface area contributed by atoms with Crippen molar-refractivity contribution < 1.29 is 13.9 Å². The lowest BCUT2D eigenvalue weighted by Crippen LogP contribution is -2.19. The minimum atomic E-state index is -0.262. The van der Waals surface area contributed by atoms with E-state index in [1.54, 1.807) is 49.0 Å². The van der Waals surface area contributed by atoms with Crippen molar-refractivity contribution in [3.63, 3.8) is 0 Å². The molecule has 0 radical (unpaired) electrons. The Balaban J connectivity index is 1.38. The third kappa shape index (κ3) is 3.76. The highest BCUT2D eigenvalue weighted by Crippen LogP contribution is 2.31. The number of amides is 1. The van der Waals surface area contributed by atoms with E-state index >= 15 is 0 Å². The van der Waals surface area contributed by atoms with Gasteiger partial charge >= 0.3 is 0 Å². The Hall–Kier alpha value is -4.05. The molecule has 9 nitrogen and oxygen atoms in total. The Labute approximate surface area is 180 Å². The molecular weight excluding hydrogens is 416 g/mol. The average molecular weight is 432 g/mol. The van der Waals surface area contributed by atoms with Gasteiger partial charge in [-0.05, 0) is 42.0 Å². The van der Waals surface area contributed by atoms with E-state index in [4.69, 9.17) is 9.15 Å². The van der Waals surface area contributed by atoms with Crippen molar-refractivity contribution in [2.45, 2.75) is 6.61 Å².